The molecule has 0 saturated heterocycles. The number of hydrogen-bond acceptors (Lipinski definition) is 2. The average Bonchev–Trinajstić information content (AvgIpc) is 3.07. The van der Waals surface area contributed by atoms with Gasteiger partial charge in [0.2, 0.25) is 0 Å². The van der Waals surface area contributed by atoms with Gasteiger partial charge in [-0.3, -0.25) is 4.79 Å². The number of rotatable bonds is 3. The van der Waals surface area contributed by atoms with Gasteiger partial charge in [0.15, 0.2) is 0 Å². The molecule has 5 rings (SSSR count). The van der Waals surface area contributed by atoms with E-state index >= 15 is 0 Å². The first-order valence-corrected chi connectivity index (χ1v) is 12.1. The third-order valence-electron chi connectivity index (χ3n) is 6.88. The van der Waals surface area contributed by atoms with Crippen LogP contribution in [0.15, 0.2) is 40.9 Å². The molecule has 0 aliphatic heterocycles. The van der Waals surface area contributed by atoms with E-state index < -0.39 is 5.41 Å². The Labute approximate surface area is 186 Å². The molecule has 3 fully saturated rings. The van der Waals surface area contributed by atoms with Crippen LogP contribution >= 0.6 is 63.7 Å². The molecule has 3 atom stereocenters. The van der Waals surface area contributed by atoms with Crippen molar-refractivity contribution in [1.82, 2.24) is 0 Å². The molecule has 138 valence electrons. The summed E-state index contributed by atoms with van der Waals surface area (Å²) in [4.78, 5) is 13.4. The standard InChI is InChI=1S/C20H18Br4O2/c1-18(2)19(16(23)24)9-10-20(18,15(19)22)17(25)26-13-8-7-11-5-3-4-6-12(11)14(13)21/h3-8,15-16H,9-10H2,1-2H3. The van der Waals surface area contributed by atoms with Crippen molar-refractivity contribution in [2.75, 3.05) is 0 Å². The number of carbonyl (C=O) groups is 1. The number of fused-ring (bicyclic) bond motifs is 2. The Morgan fingerprint density at radius 1 is 1.15 bits per heavy atom. The van der Waals surface area contributed by atoms with Crippen LogP contribution in [0.4, 0.5) is 0 Å². The molecule has 2 bridgehead atoms. The Hall–Kier alpha value is 0.0900. The van der Waals surface area contributed by atoms with Crippen LogP contribution in [-0.2, 0) is 4.79 Å². The molecule has 0 heterocycles. The largest absolute Gasteiger partial charge is 0.425 e. The van der Waals surface area contributed by atoms with Gasteiger partial charge in [-0.15, -0.1) is 0 Å². The Bertz CT molecular complexity index is 910. The first kappa shape index (κ1) is 19.4. The lowest BCUT2D eigenvalue weighted by Crippen LogP contribution is -2.71. The first-order chi connectivity index (χ1) is 12.2. The lowest BCUT2D eigenvalue weighted by molar-refractivity contribution is -0.176. The van der Waals surface area contributed by atoms with Gasteiger partial charge in [-0.2, -0.15) is 0 Å². The highest BCUT2D eigenvalue weighted by atomic mass is 79.9. The van der Waals surface area contributed by atoms with Crippen LogP contribution in [0.2, 0.25) is 0 Å². The van der Waals surface area contributed by atoms with Crippen molar-refractivity contribution < 1.29 is 9.53 Å². The summed E-state index contributed by atoms with van der Waals surface area (Å²) in [5.74, 6) is 0.436. The van der Waals surface area contributed by atoms with Gasteiger partial charge in [0.05, 0.1) is 13.6 Å². The maximum Gasteiger partial charge on any atom is 0.319 e. The second kappa shape index (κ2) is 6.30. The highest BCUT2D eigenvalue weighted by molar-refractivity contribution is 9.24. The smallest absolute Gasteiger partial charge is 0.319 e. The normalized spacial score (nSPS) is 31.9. The molecule has 3 aliphatic rings. The van der Waals surface area contributed by atoms with E-state index in [0.717, 1.165) is 28.1 Å². The van der Waals surface area contributed by atoms with E-state index in [0.29, 0.717) is 5.75 Å². The molecular weight excluding hydrogens is 592 g/mol. The van der Waals surface area contributed by atoms with Crippen molar-refractivity contribution in [3.8, 4) is 5.75 Å². The molecule has 0 N–H and O–H groups in total. The second-order valence-corrected chi connectivity index (χ2v) is 12.6. The third kappa shape index (κ3) is 2.16. The molecule has 3 unspecified atom stereocenters. The van der Waals surface area contributed by atoms with E-state index in [-0.39, 0.29) is 25.4 Å². The molecule has 0 amide bonds. The summed E-state index contributed by atoms with van der Waals surface area (Å²) in [6, 6.07) is 11.9. The predicted octanol–water partition coefficient (Wildman–Crippen LogP) is 7.19. The molecule has 2 aromatic carbocycles. The van der Waals surface area contributed by atoms with Gasteiger partial charge in [0.25, 0.3) is 0 Å². The number of esters is 1. The number of hydrogen-bond donors (Lipinski definition) is 0. The summed E-state index contributed by atoms with van der Waals surface area (Å²) in [5.41, 5.74) is -0.698. The number of benzene rings is 2. The zero-order chi connectivity index (χ0) is 18.9. The summed E-state index contributed by atoms with van der Waals surface area (Å²) < 4.78 is 6.94. The Morgan fingerprint density at radius 3 is 2.46 bits per heavy atom. The van der Waals surface area contributed by atoms with Crippen LogP contribution in [-0.4, -0.2) is 14.5 Å². The van der Waals surface area contributed by atoms with Gasteiger partial charge >= 0.3 is 5.97 Å². The van der Waals surface area contributed by atoms with Crippen LogP contribution in [0, 0.1) is 16.2 Å². The maximum atomic E-state index is 13.3. The number of alkyl halides is 3. The fourth-order valence-corrected chi connectivity index (χ4v) is 10.6. The zero-order valence-corrected chi connectivity index (χ0v) is 20.7. The maximum absolute atomic E-state index is 13.3. The minimum atomic E-state index is -0.516. The van der Waals surface area contributed by atoms with Gasteiger partial charge in [-0.1, -0.05) is 92.0 Å². The minimum absolute atomic E-state index is 0.00730. The van der Waals surface area contributed by atoms with Crippen LogP contribution in [0.3, 0.4) is 0 Å². The van der Waals surface area contributed by atoms with Gasteiger partial charge in [0.1, 0.15) is 5.75 Å². The van der Waals surface area contributed by atoms with E-state index in [1.807, 2.05) is 36.4 Å². The summed E-state index contributed by atoms with van der Waals surface area (Å²) in [5, 5.41) is 2.15. The first-order valence-electron chi connectivity index (χ1n) is 8.52. The van der Waals surface area contributed by atoms with Crippen molar-refractivity contribution in [1.29, 1.82) is 0 Å². The van der Waals surface area contributed by atoms with E-state index in [9.17, 15) is 4.79 Å². The van der Waals surface area contributed by atoms with E-state index in [4.69, 9.17) is 4.74 Å². The average molecular weight is 610 g/mol. The van der Waals surface area contributed by atoms with Crippen LogP contribution in [0.5, 0.6) is 5.75 Å². The second-order valence-electron chi connectivity index (χ2n) is 7.79. The minimum Gasteiger partial charge on any atom is -0.425 e. The van der Waals surface area contributed by atoms with Gasteiger partial charge < -0.3 is 4.74 Å². The number of ether oxygens (including phenoxy) is 1. The molecule has 6 heteroatoms. The SMILES string of the molecule is CC1(C)C2(C(=O)Oc3ccc4ccccc4c3Br)CCC1(C(Br)Br)C2Br. The van der Waals surface area contributed by atoms with E-state index in [1.54, 1.807) is 0 Å². The van der Waals surface area contributed by atoms with Gasteiger partial charge in [-0.05, 0) is 51.0 Å². The van der Waals surface area contributed by atoms with E-state index in [2.05, 4.69) is 77.6 Å². The number of halogens is 4. The predicted molar refractivity (Wildman–Crippen MR) is 120 cm³/mol. The van der Waals surface area contributed by atoms with Crippen LogP contribution in [0.1, 0.15) is 26.7 Å². The van der Waals surface area contributed by atoms with Crippen molar-refractivity contribution in [3.63, 3.8) is 0 Å². The van der Waals surface area contributed by atoms with Crippen molar-refractivity contribution in [2.45, 2.75) is 35.3 Å². The monoisotopic (exact) mass is 606 g/mol. The summed E-state index contributed by atoms with van der Waals surface area (Å²) in [7, 11) is 0. The molecule has 0 spiro atoms. The summed E-state index contributed by atoms with van der Waals surface area (Å²) in [6.45, 7) is 4.37. The summed E-state index contributed by atoms with van der Waals surface area (Å²) >= 11 is 14.9. The molecule has 2 nitrogen and oxygen atoms in total. The van der Waals surface area contributed by atoms with Crippen LogP contribution < -0.4 is 4.74 Å². The quantitative estimate of drug-likeness (QED) is 0.209. The highest BCUT2D eigenvalue weighted by Gasteiger charge is 2.84. The van der Waals surface area contributed by atoms with Crippen molar-refractivity contribution in [3.05, 3.63) is 40.9 Å². The van der Waals surface area contributed by atoms with E-state index in [1.165, 1.54) is 0 Å². The lowest BCUT2D eigenvalue weighted by atomic mass is 9.43. The molecule has 26 heavy (non-hydrogen) atoms. The van der Waals surface area contributed by atoms with Crippen LogP contribution in [0.25, 0.3) is 10.8 Å². The van der Waals surface area contributed by atoms with Gasteiger partial charge in [0, 0.05) is 10.2 Å². The van der Waals surface area contributed by atoms with Crippen molar-refractivity contribution in [2.24, 2.45) is 16.2 Å². The third-order valence-corrected chi connectivity index (χ3v) is 10.9. The molecule has 0 radical (unpaired) electrons. The molecule has 2 aromatic rings. The fourth-order valence-electron chi connectivity index (χ4n) is 5.13. The summed E-state index contributed by atoms with van der Waals surface area (Å²) in [6.07, 6.45) is 1.80. The fraction of sp³-hybridized carbons (Fsp3) is 0.450. The number of carbonyl (C=O) groups excluding carboxylic acids is 1. The van der Waals surface area contributed by atoms with Gasteiger partial charge in [-0.25, -0.2) is 0 Å². The highest BCUT2D eigenvalue weighted by Crippen LogP contribution is 2.82. The Kier molecular flexibility index (Phi) is 4.70. The Balaban J connectivity index is 1.69. The molecule has 3 saturated carbocycles. The lowest BCUT2D eigenvalue weighted by Gasteiger charge is -2.65. The Morgan fingerprint density at radius 2 is 1.85 bits per heavy atom. The zero-order valence-electron chi connectivity index (χ0n) is 14.4. The molecular formula is C20H18Br4O2. The topological polar surface area (TPSA) is 26.3 Å². The van der Waals surface area contributed by atoms with Crippen molar-refractivity contribution >= 4 is 80.5 Å². The molecule has 0 aromatic heterocycles. The molecule has 3 aliphatic carbocycles.